The van der Waals surface area contributed by atoms with Crippen LogP contribution in [-0.2, 0) is 4.79 Å². The van der Waals surface area contributed by atoms with E-state index in [0.717, 1.165) is 6.42 Å². The molecular weight excluding hydrogens is 212 g/mol. The molecule has 1 aliphatic carbocycles. The summed E-state index contributed by atoms with van der Waals surface area (Å²) in [7, 11) is -1.11. The van der Waals surface area contributed by atoms with Crippen molar-refractivity contribution in [1.29, 1.82) is 0 Å². The van der Waals surface area contributed by atoms with E-state index in [0.29, 0.717) is 17.6 Å². The SMILES string of the molecule is C=C1[C@@H](C)C[C@@H](C[Si](C)(C)C)[C@@]1(C)C(C)=O. The van der Waals surface area contributed by atoms with E-state index >= 15 is 0 Å². The first kappa shape index (κ1) is 13.7. The maximum absolute atomic E-state index is 12.0. The third-order valence-electron chi connectivity index (χ3n) is 4.31. The van der Waals surface area contributed by atoms with Gasteiger partial charge in [-0.15, -0.1) is 0 Å². The highest BCUT2D eigenvalue weighted by molar-refractivity contribution is 6.76. The Labute approximate surface area is 101 Å². The molecule has 1 nitrogen and oxygen atoms in total. The molecule has 0 aromatic carbocycles. The summed E-state index contributed by atoms with van der Waals surface area (Å²) in [5, 5.41) is 0. The quantitative estimate of drug-likeness (QED) is 0.533. The minimum absolute atomic E-state index is 0.250. The Morgan fingerprint density at radius 2 is 2.00 bits per heavy atom. The maximum atomic E-state index is 12.0. The summed E-state index contributed by atoms with van der Waals surface area (Å²) in [6, 6.07) is 1.24. The molecule has 0 aromatic heterocycles. The Kier molecular flexibility index (Phi) is 3.54. The summed E-state index contributed by atoms with van der Waals surface area (Å²) in [6.07, 6.45) is 1.15. The van der Waals surface area contributed by atoms with Crippen LogP contribution < -0.4 is 0 Å². The van der Waals surface area contributed by atoms with Gasteiger partial charge in [0.25, 0.3) is 0 Å². The topological polar surface area (TPSA) is 17.1 Å². The van der Waals surface area contributed by atoms with Crippen molar-refractivity contribution in [2.24, 2.45) is 17.3 Å². The van der Waals surface area contributed by atoms with Crippen LogP contribution >= 0.6 is 0 Å². The summed E-state index contributed by atoms with van der Waals surface area (Å²) in [5.41, 5.74) is 0.919. The predicted molar refractivity (Wildman–Crippen MR) is 73.4 cm³/mol. The molecule has 0 heterocycles. The first-order chi connectivity index (χ1) is 7.09. The van der Waals surface area contributed by atoms with E-state index in [4.69, 9.17) is 0 Å². The Morgan fingerprint density at radius 1 is 1.50 bits per heavy atom. The normalized spacial score (nSPS) is 35.5. The second kappa shape index (κ2) is 4.14. The van der Waals surface area contributed by atoms with Gasteiger partial charge in [0.05, 0.1) is 0 Å². The van der Waals surface area contributed by atoms with Gasteiger partial charge in [-0.1, -0.05) is 44.8 Å². The lowest BCUT2D eigenvalue weighted by Crippen LogP contribution is -2.36. The number of Topliss-reactive ketones (excluding diaryl/α,β-unsaturated/α-hetero) is 1. The summed E-state index contributed by atoms with van der Waals surface area (Å²) < 4.78 is 0. The minimum Gasteiger partial charge on any atom is -0.299 e. The van der Waals surface area contributed by atoms with Crippen LogP contribution in [0, 0.1) is 17.3 Å². The highest BCUT2D eigenvalue weighted by Gasteiger charge is 2.49. The number of allylic oxidation sites excluding steroid dienone is 1. The van der Waals surface area contributed by atoms with Gasteiger partial charge in [-0.3, -0.25) is 4.79 Å². The molecule has 1 rings (SSSR count). The molecule has 0 unspecified atom stereocenters. The van der Waals surface area contributed by atoms with Crippen molar-refractivity contribution in [2.75, 3.05) is 0 Å². The zero-order valence-corrected chi connectivity index (χ0v) is 12.7. The van der Waals surface area contributed by atoms with E-state index in [-0.39, 0.29) is 5.41 Å². The monoisotopic (exact) mass is 238 g/mol. The molecule has 0 radical (unpaired) electrons. The molecule has 0 aliphatic heterocycles. The van der Waals surface area contributed by atoms with Crippen LogP contribution in [0.25, 0.3) is 0 Å². The van der Waals surface area contributed by atoms with Crippen molar-refractivity contribution in [3.05, 3.63) is 12.2 Å². The lowest BCUT2D eigenvalue weighted by atomic mass is 9.74. The lowest BCUT2D eigenvalue weighted by Gasteiger charge is -2.33. The van der Waals surface area contributed by atoms with E-state index in [1.165, 1.54) is 11.6 Å². The zero-order chi connectivity index (χ0) is 12.7. The highest BCUT2D eigenvalue weighted by atomic mass is 28.3. The van der Waals surface area contributed by atoms with Gasteiger partial charge in [0.2, 0.25) is 0 Å². The van der Waals surface area contributed by atoms with Crippen LogP contribution in [0.15, 0.2) is 12.2 Å². The average molecular weight is 238 g/mol. The standard InChI is InChI=1S/C14H26OSi/c1-10-8-13(9-16(5,6)7)14(4,11(10)2)12(3)15/h10,13H,2,8-9H2,1,3-7H3/t10-,13-,14+/m0/s1. The first-order valence-corrected chi connectivity index (χ1v) is 10.00. The molecule has 2 heteroatoms. The van der Waals surface area contributed by atoms with E-state index in [2.05, 4.69) is 40.1 Å². The molecule has 0 saturated heterocycles. The molecule has 0 bridgehead atoms. The first-order valence-electron chi connectivity index (χ1n) is 6.29. The van der Waals surface area contributed by atoms with Gasteiger partial charge < -0.3 is 0 Å². The van der Waals surface area contributed by atoms with Gasteiger partial charge in [-0.25, -0.2) is 0 Å². The number of carbonyl (C=O) groups excluding carboxylic acids is 1. The van der Waals surface area contributed by atoms with E-state index in [1.807, 2.05) is 0 Å². The predicted octanol–water partition coefficient (Wildman–Crippen LogP) is 4.13. The molecule has 0 aromatic rings. The maximum Gasteiger partial charge on any atom is 0.139 e. The summed E-state index contributed by atoms with van der Waals surface area (Å²) in [5.74, 6) is 1.35. The summed E-state index contributed by atoms with van der Waals surface area (Å²) >= 11 is 0. The fourth-order valence-corrected chi connectivity index (χ4v) is 5.17. The van der Waals surface area contributed by atoms with Crippen LogP contribution in [0.5, 0.6) is 0 Å². The van der Waals surface area contributed by atoms with Crippen molar-refractivity contribution in [3.8, 4) is 0 Å². The molecule has 1 aliphatic rings. The zero-order valence-electron chi connectivity index (χ0n) is 11.7. The fraction of sp³-hybridized carbons (Fsp3) is 0.786. The molecular formula is C14H26OSi. The molecule has 16 heavy (non-hydrogen) atoms. The van der Waals surface area contributed by atoms with Gasteiger partial charge in [-0.05, 0) is 32.1 Å². The van der Waals surface area contributed by atoms with Crippen molar-refractivity contribution in [3.63, 3.8) is 0 Å². The highest BCUT2D eigenvalue weighted by Crippen LogP contribution is 2.53. The van der Waals surface area contributed by atoms with Crippen molar-refractivity contribution >= 4 is 13.9 Å². The molecule has 0 spiro atoms. The number of hydrogen-bond acceptors (Lipinski definition) is 1. The Bertz CT molecular complexity index is 313. The van der Waals surface area contributed by atoms with Gasteiger partial charge in [0.1, 0.15) is 5.78 Å². The molecule has 3 atom stereocenters. The van der Waals surface area contributed by atoms with E-state index in [9.17, 15) is 4.79 Å². The third kappa shape index (κ3) is 2.32. The fourth-order valence-electron chi connectivity index (χ4n) is 3.12. The van der Waals surface area contributed by atoms with E-state index in [1.54, 1.807) is 6.92 Å². The van der Waals surface area contributed by atoms with Gasteiger partial charge in [0.15, 0.2) is 0 Å². The summed E-state index contributed by atoms with van der Waals surface area (Å²) in [6.45, 7) is 17.4. The van der Waals surface area contributed by atoms with Crippen molar-refractivity contribution < 1.29 is 4.79 Å². The Morgan fingerprint density at radius 3 is 2.38 bits per heavy atom. The average Bonchev–Trinajstić information content (AvgIpc) is 2.29. The van der Waals surface area contributed by atoms with Gasteiger partial charge in [-0.2, -0.15) is 0 Å². The van der Waals surface area contributed by atoms with Crippen molar-refractivity contribution in [2.45, 2.75) is 52.9 Å². The molecule has 1 fully saturated rings. The van der Waals surface area contributed by atoms with Crippen LogP contribution in [0.4, 0.5) is 0 Å². The Balaban J connectivity index is 3.01. The molecule has 0 N–H and O–H groups in total. The van der Waals surface area contributed by atoms with Gasteiger partial charge >= 0.3 is 0 Å². The third-order valence-corrected chi connectivity index (χ3v) is 6.02. The number of rotatable bonds is 3. The molecule has 0 amide bonds. The number of carbonyl (C=O) groups is 1. The molecule has 92 valence electrons. The van der Waals surface area contributed by atoms with Crippen LogP contribution in [0.3, 0.4) is 0 Å². The van der Waals surface area contributed by atoms with Crippen LogP contribution in [0.1, 0.15) is 27.2 Å². The van der Waals surface area contributed by atoms with E-state index < -0.39 is 8.07 Å². The summed E-state index contributed by atoms with van der Waals surface area (Å²) in [4.78, 5) is 12.0. The second-order valence-corrected chi connectivity index (χ2v) is 12.4. The largest absolute Gasteiger partial charge is 0.299 e. The number of hydrogen-bond donors (Lipinski definition) is 0. The van der Waals surface area contributed by atoms with Crippen LogP contribution in [-0.4, -0.2) is 13.9 Å². The van der Waals surface area contributed by atoms with Gasteiger partial charge in [0, 0.05) is 13.5 Å². The second-order valence-electron chi connectivity index (χ2n) is 6.88. The number of ketones is 1. The Hall–Kier alpha value is -0.373. The smallest absolute Gasteiger partial charge is 0.139 e. The molecule has 1 saturated carbocycles. The van der Waals surface area contributed by atoms with Crippen LogP contribution in [0.2, 0.25) is 25.7 Å². The van der Waals surface area contributed by atoms with Crippen molar-refractivity contribution in [1.82, 2.24) is 0 Å². The minimum atomic E-state index is -1.11. The lowest BCUT2D eigenvalue weighted by molar-refractivity contribution is -0.125.